The summed E-state index contributed by atoms with van der Waals surface area (Å²) < 4.78 is 29.0. The highest BCUT2D eigenvalue weighted by atomic mass is 32.2. The van der Waals surface area contributed by atoms with Crippen LogP contribution in [0.3, 0.4) is 0 Å². The van der Waals surface area contributed by atoms with E-state index in [0.29, 0.717) is 36.2 Å². The molecule has 4 aromatic rings. The van der Waals surface area contributed by atoms with E-state index >= 15 is 0 Å². The van der Waals surface area contributed by atoms with Gasteiger partial charge in [0.15, 0.2) is 4.90 Å². The normalized spacial score (nSPS) is 11.9. The fourth-order valence-corrected chi connectivity index (χ4v) is 6.38. The van der Waals surface area contributed by atoms with E-state index in [1.54, 1.807) is 36.4 Å². The Kier molecular flexibility index (Phi) is 8.76. The molecule has 1 N–H and O–H groups in total. The predicted octanol–water partition coefficient (Wildman–Crippen LogP) is 5.95. The highest BCUT2D eigenvalue weighted by molar-refractivity contribution is 7.91. The lowest BCUT2D eigenvalue weighted by molar-refractivity contribution is 0.406. The van der Waals surface area contributed by atoms with Crippen molar-refractivity contribution in [1.82, 2.24) is 9.55 Å². The number of hydrogen-bond donors (Lipinski definition) is 1. The van der Waals surface area contributed by atoms with Crippen LogP contribution in [0.4, 0.5) is 0 Å². The van der Waals surface area contributed by atoms with Gasteiger partial charge >= 0.3 is 0 Å². The first kappa shape index (κ1) is 29.3. The van der Waals surface area contributed by atoms with Gasteiger partial charge in [0.1, 0.15) is 5.82 Å². The maximum atomic E-state index is 14.0. The van der Waals surface area contributed by atoms with Crippen LogP contribution < -0.4 is 5.56 Å². The number of hydrogen-bond acceptors (Lipinski definition) is 6. The maximum Gasteiger partial charge on any atom is 0.277 e. The molecule has 208 valence electrons. The van der Waals surface area contributed by atoms with Gasteiger partial charge in [-0.1, -0.05) is 62.6 Å². The molecule has 4 rings (SSSR count). The third kappa shape index (κ3) is 5.66. The SMILES string of the molecule is C#Cc1cccc(-c2ccc(S(=O)(=O)c3c(O)nc(CCCC)n([C@@H](CC)c4cccc(C#N)c4)c3=O)cc2)c1C. The summed E-state index contributed by atoms with van der Waals surface area (Å²) in [5.74, 6) is 2.12. The molecule has 8 heteroatoms. The minimum absolute atomic E-state index is 0.145. The van der Waals surface area contributed by atoms with Crippen LogP contribution >= 0.6 is 0 Å². The van der Waals surface area contributed by atoms with Crippen molar-refractivity contribution < 1.29 is 13.5 Å². The highest BCUT2D eigenvalue weighted by Gasteiger charge is 2.31. The van der Waals surface area contributed by atoms with Crippen molar-refractivity contribution in [3.8, 4) is 35.4 Å². The topological polar surface area (TPSA) is 113 Å². The molecule has 0 unspecified atom stereocenters. The van der Waals surface area contributed by atoms with Crippen LogP contribution in [0.2, 0.25) is 0 Å². The van der Waals surface area contributed by atoms with Crippen molar-refractivity contribution in [2.24, 2.45) is 0 Å². The first-order chi connectivity index (χ1) is 19.7. The summed E-state index contributed by atoms with van der Waals surface area (Å²) in [5.41, 5.74) is 3.51. The van der Waals surface area contributed by atoms with Crippen molar-refractivity contribution in [2.75, 3.05) is 0 Å². The number of aryl methyl sites for hydroxylation is 1. The summed E-state index contributed by atoms with van der Waals surface area (Å²) in [4.78, 5) is 17.4. The van der Waals surface area contributed by atoms with Crippen molar-refractivity contribution >= 4 is 9.84 Å². The predicted molar refractivity (Wildman–Crippen MR) is 158 cm³/mol. The third-order valence-electron chi connectivity index (χ3n) is 7.22. The fourth-order valence-electron chi connectivity index (χ4n) is 5.04. The number of terminal acetylenes is 1. The number of aromatic nitrogens is 2. The van der Waals surface area contributed by atoms with Crippen molar-refractivity contribution in [3.63, 3.8) is 0 Å². The Hall–Kier alpha value is -4.66. The fraction of sp³-hybridized carbons (Fsp3) is 0.242. The Morgan fingerprint density at radius 2 is 1.78 bits per heavy atom. The number of aromatic hydroxyl groups is 1. The molecule has 0 aliphatic heterocycles. The number of sulfone groups is 1. The van der Waals surface area contributed by atoms with Crippen LogP contribution in [0.1, 0.15) is 67.2 Å². The standard InChI is InChI=1S/C33H31N3O4S/c1-5-8-15-30-35-32(37)31(33(38)36(30)29(7-3)26-13-9-11-23(20-26)21-34)41(39,40)27-18-16-25(17-19-27)28-14-10-12-24(6-2)22(28)4/h2,9-14,16-20,29,37H,5,7-8,15H2,1,3-4H3/t29-/m0/s1. The van der Waals surface area contributed by atoms with Crippen LogP contribution in [0, 0.1) is 30.6 Å². The van der Waals surface area contributed by atoms with Gasteiger partial charge in [-0.2, -0.15) is 10.2 Å². The first-order valence-corrected chi connectivity index (χ1v) is 14.9. The monoisotopic (exact) mass is 565 g/mol. The van der Waals surface area contributed by atoms with Crippen LogP contribution in [0.25, 0.3) is 11.1 Å². The molecular formula is C33H31N3O4S. The average molecular weight is 566 g/mol. The second kappa shape index (κ2) is 12.2. The lowest BCUT2D eigenvalue weighted by atomic mass is 9.97. The summed E-state index contributed by atoms with van der Waals surface area (Å²) in [6, 6.07) is 20.1. The molecule has 0 amide bonds. The number of rotatable bonds is 9. The Bertz CT molecular complexity index is 1840. The van der Waals surface area contributed by atoms with Crippen molar-refractivity contribution in [2.45, 2.75) is 62.3 Å². The van der Waals surface area contributed by atoms with Gasteiger partial charge in [-0.3, -0.25) is 9.36 Å². The van der Waals surface area contributed by atoms with Crippen LogP contribution in [0.5, 0.6) is 5.88 Å². The number of nitrogens with zero attached hydrogens (tertiary/aromatic N) is 3. The molecule has 0 radical (unpaired) electrons. The van der Waals surface area contributed by atoms with Crippen molar-refractivity contribution in [3.05, 3.63) is 105 Å². The Labute approximate surface area is 240 Å². The summed E-state index contributed by atoms with van der Waals surface area (Å²) in [5, 5.41) is 20.3. The molecule has 0 aliphatic carbocycles. The van der Waals surface area contributed by atoms with Gasteiger partial charge in [-0.15, -0.1) is 6.42 Å². The molecule has 3 aromatic carbocycles. The molecule has 0 saturated heterocycles. The van der Waals surface area contributed by atoms with Gasteiger partial charge in [0.2, 0.25) is 15.7 Å². The zero-order valence-corrected chi connectivity index (χ0v) is 24.1. The smallest absolute Gasteiger partial charge is 0.277 e. The molecule has 0 aliphatic rings. The summed E-state index contributed by atoms with van der Waals surface area (Å²) in [6.07, 6.45) is 7.91. The minimum atomic E-state index is -4.45. The molecular weight excluding hydrogens is 534 g/mol. The average Bonchev–Trinajstić information content (AvgIpc) is 2.97. The van der Waals surface area contributed by atoms with Gasteiger partial charge < -0.3 is 5.11 Å². The Balaban J connectivity index is 1.87. The molecule has 1 aromatic heterocycles. The molecule has 7 nitrogen and oxygen atoms in total. The zero-order chi connectivity index (χ0) is 29.7. The van der Waals surface area contributed by atoms with E-state index in [0.717, 1.165) is 28.7 Å². The quantitative estimate of drug-likeness (QED) is 0.251. The van der Waals surface area contributed by atoms with Crippen molar-refractivity contribution in [1.29, 1.82) is 5.26 Å². The molecule has 1 atom stereocenters. The highest BCUT2D eigenvalue weighted by Crippen LogP contribution is 2.31. The van der Waals surface area contributed by atoms with E-state index in [-0.39, 0.29) is 4.90 Å². The van der Waals surface area contributed by atoms with E-state index in [9.17, 15) is 23.6 Å². The molecule has 1 heterocycles. The number of benzene rings is 3. The van der Waals surface area contributed by atoms with Crippen LogP contribution in [-0.2, 0) is 16.3 Å². The van der Waals surface area contributed by atoms with Gasteiger partial charge in [-0.05, 0) is 72.4 Å². The van der Waals surface area contributed by atoms with Crippen LogP contribution in [-0.4, -0.2) is 23.1 Å². The second-order valence-corrected chi connectivity index (χ2v) is 11.7. The Morgan fingerprint density at radius 1 is 1.07 bits per heavy atom. The largest absolute Gasteiger partial charge is 0.492 e. The molecule has 0 bridgehead atoms. The third-order valence-corrected chi connectivity index (χ3v) is 9.00. The van der Waals surface area contributed by atoms with E-state index in [1.807, 2.05) is 39.0 Å². The minimum Gasteiger partial charge on any atom is -0.492 e. The summed E-state index contributed by atoms with van der Waals surface area (Å²) in [6.45, 7) is 5.76. The van der Waals surface area contributed by atoms with Gasteiger partial charge in [0.05, 0.1) is 22.6 Å². The van der Waals surface area contributed by atoms with Gasteiger partial charge in [-0.25, -0.2) is 8.42 Å². The molecule has 0 spiro atoms. The molecule has 0 fully saturated rings. The van der Waals surface area contributed by atoms with Gasteiger partial charge in [0, 0.05) is 12.0 Å². The first-order valence-electron chi connectivity index (χ1n) is 13.4. The molecule has 0 saturated carbocycles. The lowest BCUT2D eigenvalue weighted by Crippen LogP contribution is -2.33. The Morgan fingerprint density at radius 3 is 2.41 bits per heavy atom. The summed E-state index contributed by atoms with van der Waals surface area (Å²) in [7, 11) is -4.45. The lowest BCUT2D eigenvalue weighted by Gasteiger charge is -2.23. The van der Waals surface area contributed by atoms with E-state index in [2.05, 4.69) is 17.0 Å². The number of nitriles is 1. The number of unbranched alkanes of at least 4 members (excludes halogenated alkanes) is 1. The summed E-state index contributed by atoms with van der Waals surface area (Å²) >= 11 is 0. The second-order valence-electron chi connectivity index (χ2n) is 9.77. The van der Waals surface area contributed by atoms with E-state index in [1.165, 1.54) is 16.7 Å². The maximum absolute atomic E-state index is 14.0. The van der Waals surface area contributed by atoms with Crippen LogP contribution in [0.15, 0.2) is 81.3 Å². The molecule has 41 heavy (non-hydrogen) atoms. The zero-order valence-electron chi connectivity index (χ0n) is 23.3. The van der Waals surface area contributed by atoms with E-state index < -0.39 is 32.2 Å². The van der Waals surface area contributed by atoms with E-state index in [4.69, 9.17) is 6.42 Å². The van der Waals surface area contributed by atoms with Gasteiger partial charge in [0.25, 0.3) is 5.56 Å².